The summed E-state index contributed by atoms with van der Waals surface area (Å²) in [5.41, 5.74) is 1.41. The Bertz CT molecular complexity index is 1380. The molecule has 4 rings (SSSR count). The maximum absolute atomic E-state index is 15.7. The molecule has 0 aromatic heterocycles. The summed E-state index contributed by atoms with van der Waals surface area (Å²) in [7, 11) is 0. The van der Waals surface area contributed by atoms with Crippen molar-refractivity contribution in [3.05, 3.63) is 102 Å². The number of hydrogen-bond acceptors (Lipinski definition) is 8. The number of alkyl carbamates (subject to hydrolysis) is 1. The summed E-state index contributed by atoms with van der Waals surface area (Å²) in [6.07, 6.45) is -7.39. The van der Waals surface area contributed by atoms with E-state index in [-0.39, 0.29) is 16.9 Å². The van der Waals surface area contributed by atoms with Crippen LogP contribution in [-0.4, -0.2) is 64.9 Å². The Balaban J connectivity index is 1.66. The lowest BCUT2D eigenvalue weighted by Crippen LogP contribution is -2.65. The van der Waals surface area contributed by atoms with Gasteiger partial charge in [-0.15, -0.1) is 11.8 Å². The Morgan fingerprint density at radius 3 is 1.93 bits per heavy atom. The van der Waals surface area contributed by atoms with Gasteiger partial charge in [0.2, 0.25) is 10.2 Å². The van der Waals surface area contributed by atoms with Crippen molar-refractivity contribution in [2.75, 3.05) is 12.4 Å². The predicted molar refractivity (Wildman–Crippen MR) is 162 cm³/mol. The Morgan fingerprint density at radius 2 is 1.40 bits per heavy atom. The van der Waals surface area contributed by atoms with Gasteiger partial charge in [-0.25, -0.2) is 18.8 Å². The molecule has 0 unspecified atom stereocenters. The summed E-state index contributed by atoms with van der Waals surface area (Å²) in [6.45, 7) is 1.30. The van der Waals surface area contributed by atoms with Crippen LogP contribution in [0.2, 0.25) is 0 Å². The zero-order valence-electron chi connectivity index (χ0n) is 22.7. The van der Waals surface area contributed by atoms with E-state index in [1.165, 1.54) is 36.0 Å². The highest BCUT2D eigenvalue weighted by molar-refractivity contribution is 7.99. The molecule has 0 aliphatic carbocycles. The number of carbonyl (C=O) groups is 3. The second-order valence-electron chi connectivity index (χ2n) is 9.48. The molecule has 1 heterocycles. The molecule has 8 nitrogen and oxygen atoms in total. The largest absolute Gasteiger partial charge is 0.452 e. The average Bonchev–Trinajstić information content (AvgIpc) is 2.99. The number of alkyl halides is 4. The van der Waals surface area contributed by atoms with Crippen molar-refractivity contribution >= 4 is 64.6 Å². The molecule has 1 fully saturated rings. The van der Waals surface area contributed by atoms with E-state index in [2.05, 4.69) is 5.32 Å². The number of nitrogens with one attached hydrogen (secondary N) is 1. The molecule has 0 radical (unpaired) electrons. The van der Waals surface area contributed by atoms with Gasteiger partial charge in [0.05, 0.1) is 11.1 Å². The molecule has 0 saturated carbocycles. The highest BCUT2D eigenvalue weighted by Crippen LogP contribution is 2.33. The van der Waals surface area contributed by atoms with Crippen LogP contribution in [0.3, 0.4) is 0 Å². The molecule has 13 heteroatoms. The number of benzene rings is 3. The topological polar surface area (TPSA) is 100 Å². The molecule has 0 spiro atoms. The van der Waals surface area contributed by atoms with Crippen molar-refractivity contribution in [3.63, 3.8) is 0 Å². The number of hydrogen-bond donors (Lipinski definition) is 1. The van der Waals surface area contributed by atoms with Crippen molar-refractivity contribution < 1.29 is 37.7 Å². The van der Waals surface area contributed by atoms with E-state index in [4.69, 9.17) is 53.8 Å². The standard InChI is InChI=1S/C30H27Cl3FNO7S/c1-18-12-14-21(15-13-18)43-16-22-24(41-27(36)19-8-4-2-5-9-19)25(42-28(37)20-10-6-3-7-11-20)23(26(34)40-22)35-29(38)39-17-30(31,32)33/h2-15,22-26H,16-17H2,1H3,(H,35,38)/t22-,23-,24-,25-,26-/m1/s1. The molecule has 3 aromatic carbocycles. The van der Waals surface area contributed by atoms with Gasteiger partial charge in [-0.3, -0.25) is 0 Å². The van der Waals surface area contributed by atoms with Crippen molar-refractivity contribution in [1.29, 1.82) is 0 Å². The van der Waals surface area contributed by atoms with Crippen LogP contribution in [0.1, 0.15) is 26.3 Å². The molecule has 1 aliphatic heterocycles. The van der Waals surface area contributed by atoms with Crippen LogP contribution in [0.5, 0.6) is 0 Å². The second kappa shape index (κ2) is 15.1. The Morgan fingerprint density at radius 1 is 0.860 bits per heavy atom. The summed E-state index contributed by atoms with van der Waals surface area (Å²) in [5.74, 6) is -1.50. The third-order valence-electron chi connectivity index (χ3n) is 6.22. The number of halogens is 4. The van der Waals surface area contributed by atoms with Gasteiger partial charge in [0, 0.05) is 10.6 Å². The Hall–Kier alpha value is -3.02. The van der Waals surface area contributed by atoms with Crippen molar-refractivity contribution in [2.45, 2.75) is 46.3 Å². The van der Waals surface area contributed by atoms with Crippen LogP contribution in [0.4, 0.5) is 9.18 Å². The molecule has 1 saturated heterocycles. The molecule has 0 bridgehead atoms. The molecule has 5 atom stereocenters. The number of aryl methyl sites for hydroxylation is 1. The monoisotopic (exact) mass is 669 g/mol. The molecular weight excluding hydrogens is 644 g/mol. The zero-order chi connectivity index (χ0) is 31.0. The number of rotatable bonds is 9. The lowest BCUT2D eigenvalue weighted by atomic mass is 9.97. The third kappa shape index (κ3) is 9.74. The first-order chi connectivity index (χ1) is 20.5. The fourth-order valence-electron chi connectivity index (χ4n) is 4.13. The minimum atomic E-state index is -2.20. The van der Waals surface area contributed by atoms with Gasteiger partial charge in [-0.1, -0.05) is 88.9 Å². The van der Waals surface area contributed by atoms with Gasteiger partial charge in [-0.05, 0) is 43.3 Å². The fourth-order valence-corrected chi connectivity index (χ4v) is 5.25. The van der Waals surface area contributed by atoms with Crippen LogP contribution in [0.25, 0.3) is 0 Å². The lowest BCUT2D eigenvalue weighted by Gasteiger charge is -2.43. The minimum absolute atomic E-state index is 0.111. The highest BCUT2D eigenvalue weighted by atomic mass is 35.6. The van der Waals surface area contributed by atoms with Gasteiger partial charge >= 0.3 is 18.0 Å². The van der Waals surface area contributed by atoms with Crippen molar-refractivity contribution in [3.8, 4) is 0 Å². The van der Waals surface area contributed by atoms with E-state index >= 15 is 4.39 Å². The van der Waals surface area contributed by atoms with Gasteiger partial charge in [0.25, 0.3) is 0 Å². The normalized spacial score (nSPS) is 21.8. The average molecular weight is 671 g/mol. The van der Waals surface area contributed by atoms with Crippen molar-refractivity contribution in [2.24, 2.45) is 0 Å². The predicted octanol–water partition coefficient (Wildman–Crippen LogP) is 6.70. The lowest BCUT2D eigenvalue weighted by molar-refractivity contribution is -0.213. The summed E-state index contributed by atoms with van der Waals surface area (Å²) >= 11 is 18.3. The first kappa shape index (κ1) is 32.9. The number of thioether (sulfide) groups is 1. The molecular formula is C30H27Cl3FNO7S. The number of carbonyl (C=O) groups excluding carboxylic acids is 3. The van der Waals surface area contributed by atoms with E-state index in [0.29, 0.717) is 0 Å². The Kier molecular flexibility index (Phi) is 11.6. The molecule has 1 N–H and O–H groups in total. The molecule has 228 valence electrons. The first-order valence-electron chi connectivity index (χ1n) is 13.0. The number of ether oxygens (including phenoxy) is 4. The maximum atomic E-state index is 15.7. The first-order valence-corrected chi connectivity index (χ1v) is 15.1. The van der Waals surface area contributed by atoms with E-state index in [9.17, 15) is 14.4 Å². The van der Waals surface area contributed by atoms with Crippen molar-refractivity contribution in [1.82, 2.24) is 5.32 Å². The Labute approximate surface area is 267 Å². The van der Waals surface area contributed by atoms with Gasteiger partial charge in [0.1, 0.15) is 18.8 Å². The maximum Gasteiger partial charge on any atom is 0.407 e. The van der Waals surface area contributed by atoms with Gasteiger partial charge < -0.3 is 24.3 Å². The number of esters is 2. The molecule has 1 aliphatic rings. The smallest absolute Gasteiger partial charge is 0.407 e. The minimum Gasteiger partial charge on any atom is -0.452 e. The van der Waals surface area contributed by atoms with E-state index in [0.717, 1.165) is 10.5 Å². The molecule has 43 heavy (non-hydrogen) atoms. The van der Waals surface area contributed by atoms with Crippen LogP contribution in [0, 0.1) is 6.92 Å². The zero-order valence-corrected chi connectivity index (χ0v) is 25.7. The summed E-state index contributed by atoms with van der Waals surface area (Å²) in [5, 5.41) is 2.28. The SMILES string of the molecule is Cc1ccc(SC[C@H]2O[C@@H](F)[C@H](NC(=O)OCC(Cl)(Cl)Cl)[C@@H](OC(=O)c3ccccc3)[C@@H]2OC(=O)c2ccccc2)cc1. The molecule has 3 aromatic rings. The van der Waals surface area contributed by atoms with Crippen LogP contribution < -0.4 is 5.32 Å². The third-order valence-corrected chi connectivity index (χ3v) is 7.65. The van der Waals surface area contributed by atoms with E-state index < -0.39 is 59.1 Å². The van der Waals surface area contributed by atoms with E-state index in [1.807, 2.05) is 31.2 Å². The fraction of sp³-hybridized carbons (Fsp3) is 0.300. The van der Waals surface area contributed by atoms with Crippen LogP contribution in [-0.2, 0) is 18.9 Å². The quantitative estimate of drug-likeness (QED) is 0.116. The summed E-state index contributed by atoms with van der Waals surface area (Å²) < 4.78 is 36.0. The summed E-state index contributed by atoms with van der Waals surface area (Å²) in [4.78, 5) is 39.9. The highest BCUT2D eigenvalue weighted by Gasteiger charge is 2.51. The van der Waals surface area contributed by atoms with Gasteiger partial charge in [0.15, 0.2) is 12.2 Å². The van der Waals surface area contributed by atoms with Crippen LogP contribution in [0.15, 0.2) is 89.8 Å². The molecule has 1 amide bonds. The van der Waals surface area contributed by atoms with Gasteiger partial charge in [-0.2, -0.15) is 0 Å². The second-order valence-corrected chi connectivity index (χ2v) is 13.1. The van der Waals surface area contributed by atoms with E-state index in [1.54, 1.807) is 36.4 Å². The summed E-state index contributed by atoms with van der Waals surface area (Å²) in [6, 6.07) is 22.0. The number of amides is 1. The van der Waals surface area contributed by atoms with Crippen LogP contribution >= 0.6 is 46.6 Å².